The summed E-state index contributed by atoms with van der Waals surface area (Å²) in [4.78, 5) is 19.6. The molecule has 6 heteroatoms. The van der Waals surface area contributed by atoms with Crippen LogP contribution in [0.15, 0.2) is 42.5 Å². The molecule has 0 saturated heterocycles. The van der Waals surface area contributed by atoms with Crippen molar-refractivity contribution < 1.29 is 9.53 Å². The molecule has 1 N–H and O–H groups in total. The third-order valence-electron chi connectivity index (χ3n) is 4.72. The van der Waals surface area contributed by atoms with Crippen molar-refractivity contribution in [3.8, 4) is 28.5 Å². The Kier molecular flexibility index (Phi) is 4.03. The van der Waals surface area contributed by atoms with Crippen molar-refractivity contribution in [2.45, 2.75) is 13.8 Å². The lowest BCUT2D eigenvalue weighted by molar-refractivity contribution is 0.101. The number of rotatable bonds is 4. The summed E-state index contributed by atoms with van der Waals surface area (Å²) in [5.74, 6) is 1.34. The van der Waals surface area contributed by atoms with E-state index in [1.165, 1.54) is 0 Å². The van der Waals surface area contributed by atoms with Crippen molar-refractivity contribution >= 4 is 16.8 Å². The highest BCUT2D eigenvalue weighted by atomic mass is 16.5. The number of Topliss-reactive ketones (excluding diaryl/α,β-unsaturated/α-hetero) is 1. The number of methoxy groups -OCH3 is 1. The molecule has 6 nitrogen and oxygen atoms in total. The minimum atomic E-state index is 0.0213. The van der Waals surface area contributed by atoms with Crippen molar-refractivity contribution in [3.05, 3.63) is 53.6 Å². The van der Waals surface area contributed by atoms with E-state index in [0.29, 0.717) is 17.1 Å². The molecule has 0 fully saturated rings. The number of carbonyl (C=O) groups excluding carboxylic acids is 1. The van der Waals surface area contributed by atoms with E-state index in [4.69, 9.17) is 4.74 Å². The highest BCUT2D eigenvalue weighted by Gasteiger charge is 2.23. The van der Waals surface area contributed by atoms with Gasteiger partial charge in [0, 0.05) is 18.2 Å². The van der Waals surface area contributed by atoms with E-state index in [0.717, 1.165) is 33.5 Å². The number of aryl methyl sites for hydroxylation is 2. The average molecular weight is 360 g/mol. The van der Waals surface area contributed by atoms with Crippen LogP contribution >= 0.6 is 0 Å². The zero-order valence-electron chi connectivity index (χ0n) is 15.7. The summed E-state index contributed by atoms with van der Waals surface area (Å²) in [6.07, 6.45) is 0. The van der Waals surface area contributed by atoms with Crippen molar-refractivity contribution in [1.29, 1.82) is 0 Å². The van der Waals surface area contributed by atoms with Crippen LogP contribution in [0.25, 0.3) is 33.8 Å². The quantitative estimate of drug-likeness (QED) is 0.555. The average Bonchev–Trinajstić information content (AvgIpc) is 3.21. The van der Waals surface area contributed by atoms with Crippen LogP contribution in [0.2, 0.25) is 0 Å². The molecular formula is C21H20N4O2. The van der Waals surface area contributed by atoms with Crippen LogP contribution < -0.4 is 4.74 Å². The fourth-order valence-corrected chi connectivity index (χ4v) is 3.31. The van der Waals surface area contributed by atoms with Crippen LogP contribution in [-0.4, -0.2) is 32.6 Å². The summed E-state index contributed by atoms with van der Waals surface area (Å²) in [6.45, 7) is 3.60. The highest BCUT2D eigenvalue weighted by Crippen LogP contribution is 2.38. The Labute approximate surface area is 156 Å². The topological polar surface area (TPSA) is 72.8 Å². The number of hydrogen-bond acceptors (Lipinski definition) is 4. The van der Waals surface area contributed by atoms with Crippen LogP contribution in [0, 0.1) is 6.92 Å². The molecule has 27 heavy (non-hydrogen) atoms. The first kappa shape index (κ1) is 17.0. The van der Waals surface area contributed by atoms with Crippen molar-refractivity contribution in [2.75, 3.05) is 7.11 Å². The van der Waals surface area contributed by atoms with Crippen LogP contribution in [0.4, 0.5) is 0 Å². The van der Waals surface area contributed by atoms with E-state index in [1.54, 1.807) is 24.8 Å². The number of H-pyrrole nitrogens is 1. The van der Waals surface area contributed by atoms with Gasteiger partial charge in [-0.1, -0.05) is 24.3 Å². The number of aromatic nitrogens is 4. The first-order valence-corrected chi connectivity index (χ1v) is 8.67. The Bertz CT molecular complexity index is 1170. The van der Waals surface area contributed by atoms with Gasteiger partial charge < -0.3 is 9.72 Å². The Morgan fingerprint density at radius 1 is 1.19 bits per heavy atom. The van der Waals surface area contributed by atoms with Gasteiger partial charge in [-0.3, -0.25) is 9.48 Å². The zero-order chi connectivity index (χ0) is 19.1. The van der Waals surface area contributed by atoms with Crippen LogP contribution in [0.3, 0.4) is 0 Å². The lowest BCUT2D eigenvalue weighted by Crippen LogP contribution is -1.96. The molecule has 0 amide bonds. The van der Waals surface area contributed by atoms with Gasteiger partial charge in [0.25, 0.3) is 0 Å². The molecular weight excluding hydrogens is 340 g/mol. The van der Waals surface area contributed by atoms with Gasteiger partial charge in [0.05, 0.1) is 18.1 Å². The lowest BCUT2D eigenvalue weighted by atomic mass is 10.1. The van der Waals surface area contributed by atoms with Crippen molar-refractivity contribution in [3.63, 3.8) is 0 Å². The van der Waals surface area contributed by atoms with E-state index in [9.17, 15) is 4.79 Å². The first-order chi connectivity index (χ1) is 13.0. The van der Waals surface area contributed by atoms with E-state index < -0.39 is 0 Å². The summed E-state index contributed by atoms with van der Waals surface area (Å²) >= 11 is 0. The maximum Gasteiger partial charge on any atom is 0.175 e. The maximum atomic E-state index is 11.6. The molecule has 0 saturated carbocycles. The number of nitrogens with zero attached hydrogens (tertiary/aromatic N) is 3. The second-order valence-electron chi connectivity index (χ2n) is 6.54. The minimum absolute atomic E-state index is 0.0213. The normalized spacial score (nSPS) is 11.1. The summed E-state index contributed by atoms with van der Waals surface area (Å²) in [6, 6.07) is 13.5. The van der Waals surface area contributed by atoms with Gasteiger partial charge >= 0.3 is 0 Å². The number of fused-ring (bicyclic) bond motifs is 1. The Balaban J connectivity index is 1.91. The fourth-order valence-electron chi connectivity index (χ4n) is 3.31. The SMILES string of the molecule is COc1c(-c2ccccc2C)nn(C)c1-c1nc2ccc(C(C)=O)cc2[nH]1. The molecule has 0 aliphatic carbocycles. The number of nitrogens with one attached hydrogen (secondary N) is 1. The van der Waals surface area contributed by atoms with Gasteiger partial charge in [-0.05, 0) is 37.6 Å². The Morgan fingerprint density at radius 2 is 1.96 bits per heavy atom. The molecule has 2 heterocycles. The molecule has 2 aromatic heterocycles. The summed E-state index contributed by atoms with van der Waals surface area (Å²) in [5.41, 5.74) is 5.92. The monoisotopic (exact) mass is 360 g/mol. The second-order valence-corrected chi connectivity index (χ2v) is 6.54. The molecule has 0 bridgehead atoms. The number of ether oxygens (including phenoxy) is 1. The molecule has 4 rings (SSSR count). The molecule has 0 aliphatic heterocycles. The van der Waals surface area contributed by atoms with Gasteiger partial charge in [-0.2, -0.15) is 5.10 Å². The third-order valence-corrected chi connectivity index (χ3v) is 4.72. The fraction of sp³-hybridized carbons (Fsp3) is 0.190. The van der Waals surface area contributed by atoms with Gasteiger partial charge in [-0.15, -0.1) is 0 Å². The number of benzene rings is 2. The first-order valence-electron chi connectivity index (χ1n) is 8.67. The summed E-state index contributed by atoms with van der Waals surface area (Å²) in [7, 11) is 3.51. The van der Waals surface area contributed by atoms with Gasteiger partial charge in [0.2, 0.25) is 0 Å². The minimum Gasteiger partial charge on any atom is -0.492 e. The predicted octanol–water partition coefficient (Wildman–Crippen LogP) is 4.15. The number of imidazole rings is 1. The number of hydrogen-bond donors (Lipinski definition) is 1. The van der Waals surface area contributed by atoms with E-state index in [2.05, 4.69) is 15.1 Å². The van der Waals surface area contributed by atoms with Crippen molar-refractivity contribution in [1.82, 2.24) is 19.7 Å². The Morgan fingerprint density at radius 3 is 2.67 bits per heavy atom. The lowest BCUT2D eigenvalue weighted by Gasteiger charge is -2.05. The molecule has 0 spiro atoms. The second kappa shape index (κ2) is 6.39. The maximum absolute atomic E-state index is 11.6. The van der Waals surface area contributed by atoms with E-state index >= 15 is 0 Å². The summed E-state index contributed by atoms with van der Waals surface area (Å²) < 4.78 is 7.49. The van der Waals surface area contributed by atoms with E-state index in [1.807, 2.05) is 50.4 Å². The van der Waals surface area contributed by atoms with Gasteiger partial charge in [0.15, 0.2) is 17.4 Å². The number of carbonyl (C=O) groups is 1. The van der Waals surface area contributed by atoms with E-state index in [-0.39, 0.29) is 5.78 Å². The van der Waals surface area contributed by atoms with Gasteiger partial charge in [-0.25, -0.2) is 4.98 Å². The molecule has 4 aromatic rings. The molecule has 136 valence electrons. The van der Waals surface area contributed by atoms with Crippen LogP contribution in [0.1, 0.15) is 22.8 Å². The molecule has 0 radical (unpaired) electrons. The Hall–Kier alpha value is -3.41. The number of ketones is 1. The predicted molar refractivity (Wildman–Crippen MR) is 105 cm³/mol. The molecule has 0 atom stereocenters. The van der Waals surface area contributed by atoms with Crippen LogP contribution in [0.5, 0.6) is 5.75 Å². The highest BCUT2D eigenvalue weighted by molar-refractivity contribution is 5.97. The molecule has 2 aromatic carbocycles. The van der Waals surface area contributed by atoms with Crippen LogP contribution in [-0.2, 0) is 7.05 Å². The summed E-state index contributed by atoms with van der Waals surface area (Å²) in [5, 5.41) is 4.68. The molecule has 0 aliphatic rings. The largest absolute Gasteiger partial charge is 0.492 e. The van der Waals surface area contributed by atoms with Gasteiger partial charge in [0.1, 0.15) is 11.4 Å². The smallest absolute Gasteiger partial charge is 0.175 e. The zero-order valence-corrected chi connectivity index (χ0v) is 15.7. The standard InChI is InChI=1S/C21H20N4O2/c1-12-7-5-6-8-15(12)18-20(27-4)19(25(3)24-18)21-22-16-10-9-14(13(2)26)11-17(16)23-21/h5-11H,1-4H3,(H,22,23). The third kappa shape index (κ3) is 2.79. The molecule has 0 unspecified atom stereocenters. The number of aromatic amines is 1. The van der Waals surface area contributed by atoms with Crippen molar-refractivity contribution in [2.24, 2.45) is 7.05 Å².